The normalized spacial score (nSPS) is 8.76. The van der Waals surface area contributed by atoms with E-state index in [-0.39, 0.29) is 37.3 Å². The molecule has 2 heterocycles. The van der Waals surface area contributed by atoms with E-state index in [1.165, 1.54) is 36.4 Å². The maximum atomic E-state index is 10.6. The third-order valence-electron chi connectivity index (χ3n) is 2.07. The summed E-state index contributed by atoms with van der Waals surface area (Å²) in [5.74, 6) is -2.92. The molecule has 0 N–H and O–H groups in total. The molecule has 0 aliphatic carbocycles. The van der Waals surface area contributed by atoms with Crippen molar-refractivity contribution < 1.29 is 45.8 Å². The summed E-state index contributed by atoms with van der Waals surface area (Å²) in [5, 5.41) is 41.3. The number of carboxylic acids is 2. The van der Waals surface area contributed by atoms with Crippen LogP contribution in [0.4, 0.5) is 0 Å². The van der Waals surface area contributed by atoms with E-state index in [0.717, 1.165) is 12.4 Å². The number of aromatic nitrogens is 2. The van der Waals surface area contributed by atoms with Crippen molar-refractivity contribution in [3.63, 3.8) is 0 Å². The van der Waals surface area contributed by atoms with Gasteiger partial charge in [-0.3, -0.25) is 0 Å². The maximum Gasteiger partial charge on any atom is 2.00 e. The van der Waals surface area contributed by atoms with Crippen molar-refractivity contribution in [2.75, 3.05) is 0 Å². The molecule has 2 aromatic rings. The van der Waals surface area contributed by atoms with E-state index in [1.54, 1.807) is 0 Å². The molecule has 0 aliphatic heterocycles. The number of pyridine rings is 2. The first-order chi connectivity index (χ1) is 9.43. The van der Waals surface area contributed by atoms with E-state index in [2.05, 4.69) is 0 Å². The van der Waals surface area contributed by atoms with Crippen molar-refractivity contribution in [1.82, 2.24) is 0 Å². The SMILES string of the molecule is O=C([O-])c1cccc[n+]1[O-].O=C([O-])c1cccc[n+]1[O-].[Ni+2]. The van der Waals surface area contributed by atoms with E-state index < -0.39 is 11.9 Å². The van der Waals surface area contributed by atoms with Gasteiger partial charge < -0.3 is 30.2 Å². The molecule has 0 spiro atoms. The number of aromatic carboxylic acids is 2. The summed E-state index contributed by atoms with van der Waals surface area (Å²) in [6.07, 6.45) is 2.20. The molecule has 8 nitrogen and oxygen atoms in total. The Morgan fingerprint density at radius 3 is 1.29 bits per heavy atom. The van der Waals surface area contributed by atoms with Gasteiger partial charge in [-0.15, -0.1) is 0 Å². The van der Waals surface area contributed by atoms with Crippen LogP contribution in [-0.2, 0) is 16.5 Å². The van der Waals surface area contributed by atoms with Crippen LogP contribution in [0, 0.1) is 10.4 Å². The van der Waals surface area contributed by atoms with Gasteiger partial charge in [-0.1, -0.05) is 0 Å². The molecule has 0 unspecified atom stereocenters. The van der Waals surface area contributed by atoms with E-state index in [4.69, 9.17) is 0 Å². The fourth-order valence-electron chi connectivity index (χ4n) is 1.17. The van der Waals surface area contributed by atoms with Gasteiger partial charge in [0.2, 0.25) is 11.4 Å². The Kier molecular flexibility index (Phi) is 7.42. The molecule has 2 aromatic heterocycles. The number of carbonyl (C=O) groups excluding carboxylic acids is 2. The van der Waals surface area contributed by atoms with E-state index in [0.29, 0.717) is 0 Å². The molecule has 0 fully saturated rings. The van der Waals surface area contributed by atoms with Gasteiger partial charge in [0.1, 0.15) is 11.9 Å². The predicted molar refractivity (Wildman–Crippen MR) is 59.5 cm³/mol. The fraction of sp³-hybridized carbons (Fsp3) is 0. The smallest absolute Gasteiger partial charge is 0.618 e. The van der Waals surface area contributed by atoms with Gasteiger partial charge >= 0.3 is 16.5 Å². The average molecular weight is 335 g/mol. The van der Waals surface area contributed by atoms with Gasteiger partial charge in [-0.05, 0) is 12.1 Å². The van der Waals surface area contributed by atoms with Crippen LogP contribution < -0.4 is 19.7 Å². The van der Waals surface area contributed by atoms with Gasteiger partial charge in [0.15, 0.2) is 12.4 Å². The second-order valence-electron chi connectivity index (χ2n) is 3.40. The van der Waals surface area contributed by atoms with Gasteiger partial charge in [0.25, 0.3) is 0 Å². The number of hydrogen-bond acceptors (Lipinski definition) is 6. The molecule has 0 amide bonds. The number of rotatable bonds is 2. The van der Waals surface area contributed by atoms with E-state index >= 15 is 0 Å². The summed E-state index contributed by atoms with van der Waals surface area (Å²) in [6.45, 7) is 0. The van der Waals surface area contributed by atoms with Gasteiger partial charge in [-0.25, -0.2) is 0 Å². The largest absolute Gasteiger partial charge is 2.00 e. The summed E-state index contributed by atoms with van der Waals surface area (Å²) < 4.78 is 0.491. The third kappa shape index (κ3) is 5.45. The Morgan fingerprint density at radius 1 is 0.762 bits per heavy atom. The molecule has 112 valence electrons. The average Bonchev–Trinajstić information content (AvgIpc) is 2.40. The summed E-state index contributed by atoms with van der Waals surface area (Å²) in [6, 6.07) is 8.17. The summed E-state index contributed by atoms with van der Waals surface area (Å²) >= 11 is 0. The molecule has 0 aromatic carbocycles. The molecule has 0 atom stereocenters. The third-order valence-corrected chi connectivity index (χ3v) is 2.07. The van der Waals surface area contributed by atoms with Crippen molar-refractivity contribution in [3.8, 4) is 0 Å². The van der Waals surface area contributed by atoms with Gasteiger partial charge in [0, 0.05) is 24.3 Å². The van der Waals surface area contributed by atoms with Crippen LogP contribution in [0.15, 0.2) is 48.8 Å². The van der Waals surface area contributed by atoms with Crippen molar-refractivity contribution in [2.24, 2.45) is 0 Å². The van der Waals surface area contributed by atoms with Crippen molar-refractivity contribution in [2.45, 2.75) is 0 Å². The number of nitrogens with zero attached hydrogens (tertiary/aromatic N) is 2. The first-order valence-corrected chi connectivity index (χ1v) is 5.22. The van der Waals surface area contributed by atoms with Crippen LogP contribution in [0.3, 0.4) is 0 Å². The minimum Gasteiger partial charge on any atom is -0.618 e. The Bertz CT molecular complexity index is 579. The molecule has 21 heavy (non-hydrogen) atoms. The Balaban J connectivity index is 0.000000364. The first-order valence-electron chi connectivity index (χ1n) is 5.22. The summed E-state index contributed by atoms with van der Waals surface area (Å²) in [5.41, 5.74) is -0.745. The van der Waals surface area contributed by atoms with Crippen LogP contribution >= 0.6 is 0 Å². The second-order valence-corrected chi connectivity index (χ2v) is 3.40. The zero-order chi connectivity index (χ0) is 15.1. The maximum absolute atomic E-state index is 10.6. The fourth-order valence-corrected chi connectivity index (χ4v) is 1.17. The first kappa shape index (κ1) is 18.3. The van der Waals surface area contributed by atoms with Crippen LogP contribution in [0.1, 0.15) is 21.0 Å². The van der Waals surface area contributed by atoms with Gasteiger partial charge in [0.05, 0.1) is 0 Å². The van der Waals surface area contributed by atoms with Crippen LogP contribution in [0.2, 0.25) is 0 Å². The minimum absolute atomic E-state index is 0. The van der Waals surface area contributed by atoms with Crippen molar-refractivity contribution in [3.05, 3.63) is 70.6 Å². The topological polar surface area (TPSA) is 134 Å². The molecule has 0 saturated carbocycles. The zero-order valence-corrected chi connectivity index (χ0v) is 11.3. The standard InChI is InChI=1S/2C6H5NO3.Ni/c2*8-6(9)5-3-1-2-4-7(5)10;/h2*1-4H,(H,8,9);/q;;+2/p-2. The molecule has 0 radical (unpaired) electrons. The predicted octanol–water partition coefficient (Wildman–Crippen LogP) is -2.64. The van der Waals surface area contributed by atoms with Crippen LogP contribution in [0.5, 0.6) is 0 Å². The van der Waals surface area contributed by atoms with Crippen LogP contribution in [0.25, 0.3) is 0 Å². The Morgan fingerprint density at radius 2 is 1.10 bits per heavy atom. The quantitative estimate of drug-likeness (QED) is 0.335. The van der Waals surface area contributed by atoms with E-state index in [1.807, 2.05) is 0 Å². The number of carbonyl (C=O) groups is 2. The molecular weight excluding hydrogens is 327 g/mol. The number of hydrogen-bond donors (Lipinski definition) is 0. The second kappa shape index (κ2) is 8.49. The summed E-state index contributed by atoms with van der Waals surface area (Å²) in [7, 11) is 0. The van der Waals surface area contributed by atoms with Crippen LogP contribution in [-0.4, -0.2) is 11.9 Å². The minimum atomic E-state index is -1.46. The van der Waals surface area contributed by atoms with E-state index in [9.17, 15) is 30.2 Å². The van der Waals surface area contributed by atoms with Crippen molar-refractivity contribution >= 4 is 11.9 Å². The monoisotopic (exact) mass is 334 g/mol. The summed E-state index contributed by atoms with van der Waals surface area (Å²) in [4.78, 5) is 20.2. The number of carboxylic acid groups (broad SMARTS) is 2. The van der Waals surface area contributed by atoms with Gasteiger partial charge in [-0.2, -0.15) is 9.46 Å². The Labute approximate surface area is 129 Å². The zero-order valence-electron chi connectivity index (χ0n) is 10.3. The molecule has 0 saturated heterocycles. The molecule has 9 heteroatoms. The van der Waals surface area contributed by atoms with Crippen molar-refractivity contribution in [1.29, 1.82) is 0 Å². The molecule has 2 rings (SSSR count). The molecule has 0 bridgehead atoms. The molecule has 0 aliphatic rings. The molecular formula is C12H8N2NiO6. The Hall–Kier alpha value is -2.67.